The van der Waals surface area contributed by atoms with Gasteiger partial charge in [-0.2, -0.15) is 0 Å². The van der Waals surface area contributed by atoms with Crippen molar-refractivity contribution in [2.24, 2.45) is 4.99 Å². The van der Waals surface area contributed by atoms with Gasteiger partial charge in [0.15, 0.2) is 5.96 Å². The molecule has 6 heteroatoms. The number of hydrogen-bond acceptors (Lipinski definition) is 2. The van der Waals surface area contributed by atoms with Crippen molar-refractivity contribution < 1.29 is 0 Å². The third-order valence-electron chi connectivity index (χ3n) is 4.03. The van der Waals surface area contributed by atoms with Crippen molar-refractivity contribution >= 4 is 17.6 Å². The number of hydrogen-bond donors (Lipinski definition) is 1. The second-order valence-corrected chi connectivity index (χ2v) is 6.53. The molecule has 1 aromatic carbocycles. The molecular formula is C20H27ClN4O. The third-order valence-corrected chi connectivity index (χ3v) is 4.40. The number of nitrogens with zero attached hydrogens (tertiary/aromatic N) is 3. The first-order chi connectivity index (χ1) is 12.6. The Balaban J connectivity index is 1.86. The zero-order valence-corrected chi connectivity index (χ0v) is 16.2. The number of benzene rings is 1. The van der Waals surface area contributed by atoms with E-state index in [-0.39, 0.29) is 5.56 Å². The highest BCUT2D eigenvalue weighted by Gasteiger charge is 2.08. The fraction of sp³-hybridized carbons (Fsp3) is 0.400. The van der Waals surface area contributed by atoms with Crippen LogP contribution in [-0.4, -0.2) is 35.6 Å². The van der Waals surface area contributed by atoms with Crippen molar-refractivity contribution in [3.05, 3.63) is 69.6 Å². The number of halogens is 1. The summed E-state index contributed by atoms with van der Waals surface area (Å²) in [6, 6.07) is 13.1. The lowest BCUT2D eigenvalue weighted by Crippen LogP contribution is -2.38. The van der Waals surface area contributed by atoms with Gasteiger partial charge in [0.25, 0.3) is 0 Å². The second-order valence-electron chi connectivity index (χ2n) is 6.12. The van der Waals surface area contributed by atoms with Crippen LogP contribution >= 0.6 is 11.6 Å². The summed E-state index contributed by atoms with van der Waals surface area (Å²) in [6.07, 6.45) is 3.67. The molecule has 0 aliphatic heterocycles. The first-order valence-electron chi connectivity index (χ1n) is 9.00. The van der Waals surface area contributed by atoms with Crippen LogP contribution in [0.3, 0.4) is 0 Å². The van der Waals surface area contributed by atoms with E-state index < -0.39 is 0 Å². The number of pyridine rings is 1. The average Bonchev–Trinajstić information content (AvgIpc) is 2.64. The first kappa shape index (κ1) is 20.0. The normalized spacial score (nSPS) is 11.4. The molecule has 26 heavy (non-hydrogen) atoms. The van der Waals surface area contributed by atoms with Gasteiger partial charge in [0.1, 0.15) is 0 Å². The topological polar surface area (TPSA) is 49.6 Å². The molecule has 2 aromatic rings. The summed E-state index contributed by atoms with van der Waals surface area (Å²) in [4.78, 5) is 18.4. The van der Waals surface area contributed by atoms with E-state index in [1.54, 1.807) is 16.7 Å². The van der Waals surface area contributed by atoms with Gasteiger partial charge in [-0.05, 0) is 37.5 Å². The Bertz CT molecular complexity index is 772. The van der Waals surface area contributed by atoms with Crippen molar-refractivity contribution in [3.63, 3.8) is 0 Å². The summed E-state index contributed by atoms with van der Waals surface area (Å²) in [7, 11) is 2.01. The van der Waals surface area contributed by atoms with E-state index in [9.17, 15) is 4.79 Å². The SMILES string of the molecule is CCNC(=NCCCCn1ccccc1=O)N(C)Cc1ccccc1Cl. The summed E-state index contributed by atoms with van der Waals surface area (Å²) < 4.78 is 1.73. The van der Waals surface area contributed by atoms with Crippen molar-refractivity contribution in [2.75, 3.05) is 20.1 Å². The average molecular weight is 375 g/mol. The maximum atomic E-state index is 11.7. The third kappa shape index (κ3) is 6.23. The van der Waals surface area contributed by atoms with Crippen LogP contribution in [0, 0.1) is 0 Å². The number of nitrogens with one attached hydrogen (secondary N) is 1. The van der Waals surface area contributed by atoms with Crippen LogP contribution < -0.4 is 10.9 Å². The standard InChI is InChI=1S/C20H27ClN4O/c1-3-22-20(24(2)16-17-10-4-5-11-18(17)21)23-13-7-9-15-25-14-8-6-12-19(25)26/h4-6,8,10-12,14H,3,7,9,13,15-16H2,1-2H3,(H,22,23). The van der Waals surface area contributed by atoms with Gasteiger partial charge < -0.3 is 14.8 Å². The van der Waals surface area contributed by atoms with Crippen molar-refractivity contribution in [3.8, 4) is 0 Å². The highest BCUT2D eigenvalue weighted by Crippen LogP contribution is 2.16. The van der Waals surface area contributed by atoms with Gasteiger partial charge in [0, 0.05) is 50.5 Å². The Kier molecular flexibility index (Phi) is 8.22. The maximum absolute atomic E-state index is 11.7. The minimum absolute atomic E-state index is 0.0452. The Morgan fingerprint density at radius 3 is 2.69 bits per heavy atom. The van der Waals surface area contributed by atoms with Crippen LogP contribution in [0.2, 0.25) is 5.02 Å². The number of unbranched alkanes of at least 4 members (excludes halogenated alkanes) is 1. The predicted octanol–water partition coefficient (Wildman–Crippen LogP) is 3.38. The summed E-state index contributed by atoms with van der Waals surface area (Å²) >= 11 is 6.25. The molecule has 140 valence electrons. The molecule has 5 nitrogen and oxygen atoms in total. The van der Waals surface area contributed by atoms with E-state index in [2.05, 4.69) is 17.1 Å². The van der Waals surface area contributed by atoms with E-state index in [0.717, 1.165) is 49.0 Å². The maximum Gasteiger partial charge on any atom is 0.250 e. The van der Waals surface area contributed by atoms with Crippen LogP contribution in [-0.2, 0) is 13.1 Å². The Morgan fingerprint density at radius 2 is 1.96 bits per heavy atom. The molecule has 0 atom stereocenters. The molecule has 0 aliphatic rings. The lowest BCUT2D eigenvalue weighted by molar-refractivity contribution is 0.475. The van der Waals surface area contributed by atoms with Crippen molar-refractivity contribution in [1.29, 1.82) is 0 Å². The first-order valence-corrected chi connectivity index (χ1v) is 9.38. The van der Waals surface area contributed by atoms with E-state index in [1.165, 1.54) is 0 Å². The smallest absolute Gasteiger partial charge is 0.250 e. The minimum atomic E-state index is 0.0452. The molecule has 0 spiro atoms. The Hall–Kier alpha value is -2.27. The molecule has 0 saturated heterocycles. The fourth-order valence-corrected chi connectivity index (χ4v) is 2.85. The van der Waals surface area contributed by atoms with E-state index in [1.807, 2.05) is 43.6 Å². The van der Waals surface area contributed by atoms with Gasteiger partial charge in [-0.15, -0.1) is 0 Å². The number of guanidine groups is 1. The Labute approximate surface area is 160 Å². The largest absolute Gasteiger partial charge is 0.357 e. The molecule has 1 aromatic heterocycles. The van der Waals surface area contributed by atoms with Crippen LogP contribution in [0.1, 0.15) is 25.3 Å². The fourth-order valence-electron chi connectivity index (χ4n) is 2.65. The summed E-state index contributed by atoms with van der Waals surface area (Å²) in [6.45, 7) is 5.01. The van der Waals surface area contributed by atoms with Crippen LogP contribution in [0.4, 0.5) is 0 Å². The molecule has 0 fully saturated rings. The molecule has 0 aliphatic carbocycles. The van der Waals surface area contributed by atoms with Gasteiger partial charge in [0.05, 0.1) is 0 Å². The van der Waals surface area contributed by atoms with Crippen LogP contribution in [0.25, 0.3) is 0 Å². The quantitative estimate of drug-likeness (QED) is 0.438. The minimum Gasteiger partial charge on any atom is -0.357 e. The summed E-state index contributed by atoms with van der Waals surface area (Å²) in [5.41, 5.74) is 1.12. The number of aromatic nitrogens is 1. The Morgan fingerprint density at radius 1 is 1.19 bits per heavy atom. The lowest BCUT2D eigenvalue weighted by Gasteiger charge is -2.22. The number of aryl methyl sites for hydroxylation is 1. The molecular weight excluding hydrogens is 348 g/mol. The number of rotatable bonds is 8. The zero-order valence-electron chi connectivity index (χ0n) is 15.5. The molecule has 0 unspecified atom stereocenters. The van der Waals surface area contributed by atoms with Crippen LogP contribution in [0.5, 0.6) is 0 Å². The van der Waals surface area contributed by atoms with E-state index in [0.29, 0.717) is 6.54 Å². The highest BCUT2D eigenvalue weighted by atomic mass is 35.5. The summed E-state index contributed by atoms with van der Waals surface area (Å²) in [5, 5.41) is 4.08. The zero-order chi connectivity index (χ0) is 18.8. The van der Waals surface area contributed by atoms with Gasteiger partial charge >= 0.3 is 0 Å². The number of aliphatic imine (C=N–C) groups is 1. The molecule has 0 radical (unpaired) electrons. The molecule has 0 bridgehead atoms. The van der Waals surface area contributed by atoms with E-state index in [4.69, 9.17) is 16.6 Å². The van der Waals surface area contributed by atoms with Gasteiger partial charge in [-0.1, -0.05) is 35.9 Å². The van der Waals surface area contributed by atoms with Crippen molar-refractivity contribution in [1.82, 2.24) is 14.8 Å². The molecule has 0 saturated carbocycles. The van der Waals surface area contributed by atoms with Gasteiger partial charge in [0.2, 0.25) is 5.56 Å². The highest BCUT2D eigenvalue weighted by molar-refractivity contribution is 6.31. The monoisotopic (exact) mass is 374 g/mol. The molecule has 0 amide bonds. The van der Waals surface area contributed by atoms with Gasteiger partial charge in [-0.25, -0.2) is 0 Å². The van der Waals surface area contributed by atoms with Crippen molar-refractivity contribution in [2.45, 2.75) is 32.9 Å². The lowest BCUT2D eigenvalue weighted by atomic mass is 10.2. The van der Waals surface area contributed by atoms with E-state index >= 15 is 0 Å². The second kappa shape index (κ2) is 10.7. The predicted molar refractivity (Wildman–Crippen MR) is 109 cm³/mol. The molecule has 2 rings (SSSR count). The molecule has 1 N–H and O–H groups in total. The van der Waals surface area contributed by atoms with Gasteiger partial charge in [-0.3, -0.25) is 9.79 Å². The summed E-state index contributed by atoms with van der Waals surface area (Å²) in [5.74, 6) is 0.865. The van der Waals surface area contributed by atoms with Crippen LogP contribution in [0.15, 0.2) is 58.4 Å². The molecule has 1 heterocycles.